The molecule has 0 saturated carbocycles. The first-order chi connectivity index (χ1) is 12.4. The van der Waals surface area contributed by atoms with Gasteiger partial charge in [-0.1, -0.05) is 29.8 Å². The van der Waals surface area contributed by atoms with Crippen LogP contribution in [-0.4, -0.2) is 43.1 Å². The van der Waals surface area contributed by atoms with E-state index in [4.69, 9.17) is 16.3 Å². The molecule has 26 heavy (non-hydrogen) atoms. The van der Waals surface area contributed by atoms with Gasteiger partial charge in [0, 0.05) is 36.9 Å². The molecule has 0 N–H and O–H groups in total. The van der Waals surface area contributed by atoms with Crippen molar-refractivity contribution in [2.45, 2.75) is 26.9 Å². The fourth-order valence-electron chi connectivity index (χ4n) is 3.19. The number of halogens is 1. The van der Waals surface area contributed by atoms with Crippen molar-refractivity contribution in [3.63, 3.8) is 0 Å². The summed E-state index contributed by atoms with van der Waals surface area (Å²) >= 11 is 6.08. The maximum absolute atomic E-state index is 12.8. The van der Waals surface area contributed by atoms with Crippen molar-refractivity contribution >= 4 is 23.2 Å². The third-order valence-corrected chi connectivity index (χ3v) is 4.99. The van der Waals surface area contributed by atoms with Crippen molar-refractivity contribution in [2.24, 2.45) is 0 Å². The van der Waals surface area contributed by atoms with E-state index in [1.807, 2.05) is 62.1 Å². The van der Waals surface area contributed by atoms with Crippen LogP contribution in [0.4, 0.5) is 5.69 Å². The highest BCUT2D eigenvalue weighted by Crippen LogP contribution is 2.23. The third-order valence-electron chi connectivity index (χ3n) is 4.76. The van der Waals surface area contributed by atoms with E-state index in [-0.39, 0.29) is 5.91 Å². The summed E-state index contributed by atoms with van der Waals surface area (Å²) in [5.41, 5.74) is 3.27. The molecule has 1 aliphatic heterocycles. The zero-order chi connectivity index (χ0) is 18.7. The van der Waals surface area contributed by atoms with Gasteiger partial charge in [0.2, 0.25) is 0 Å². The Labute approximate surface area is 160 Å². The van der Waals surface area contributed by atoms with Crippen LogP contribution in [0.3, 0.4) is 0 Å². The maximum Gasteiger partial charge on any atom is 0.263 e. The van der Waals surface area contributed by atoms with Gasteiger partial charge in [-0.3, -0.25) is 4.79 Å². The first kappa shape index (κ1) is 18.6. The number of piperazine rings is 1. The zero-order valence-electron chi connectivity index (χ0n) is 15.5. The quantitative estimate of drug-likeness (QED) is 0.810. The largest absolute Gasteiger partial charge is 0.481 e. The van der Waals surface area contributed by atoms with Crippen molar-refractivity contribution in [2.75, 3.05) is 31.1 Å². The minimum atomic E-state index is -0.492. The number of rotatable bonds is 4. The number of hydrogen-bond donors (Lipinski definition) is 0. The summed E-state index contributed by atoms with van der Waals surface area (Å²) in [7, 11) is 0. The monoisotopic (exact) mass is 372 g/mol. The van der Waals surface area contributed by atoms with E-state index in [2.05, 4.69) is 11.0 Å². The molecule has 0 radical (unpaired) electrons. The predicted octanol–water partition coefficient (Wildman–Crippen LogP) is 4.07. The highest BCUT2D eigenvalue weighted by molar-refractivity contribution is 6.30. The van der Waals surface area contributed by atoms with E-state index < -0.39 is 6.10 Å². The molecular formula is C21H25ClN2O2. The van der Waals surface area contributed by atoms with E-state index >= 15 is 0 Å². The number of amides is 1. The Morgan fingerprint density at radius 1 is 1.08 bits per heavy atom. The number of anilines is 1. The van der Waals surface area contributed by atoms with Crippen LogP contribution in [-0.2, 0) is 4.79 Å². The molecule has 4 nitrogen and oxygen atoms in total. The fraction of sp³-hybridized carbons (Fsp3) is 0.381. The predicted molar refractivity (Wildman–Crippen MR) is 106 cm³/mol. The van der Waals surface area contributed by atoms with Crippen LogP contribution in [0.25, 0.3) is 0 Å². The molecule has 2 aromatic rings. The molecule has 0 spiro atoms. The Kier molecular flexibility index (Phi) is 5.72. The van der Waals surface area contributed by atoms with Gasteiger partial charge in [-0.25, -0.2) is 0 Å². The molecule has 1 fully saturated rings. The van der Waals surface area contributed by atoms with Gasteiger partial charge >= 0.3 is 0 Å². The van der Waals surface area contributed by atoms with Gasteiger partial charge < -0.3 is 14.5 Å². The van der Waals surface area contributed by atoms with E-state index in [1.54, 1.807) is 0 Å². The second kappa shape index (κ2) is 8.00. The Morgan fingerprint density at radius 3 is 2.50 bits per heavy atom. The molecule has 1 amide bonds. The average Bonchev–Trinajstić information content (AvgIpc) is 2.64. The molecule has 1 saturated heterocycles. The van der Waals surface area contributed by atoms with Gasteiger partial charge in [-0.15, -0.1) is 0 Å². The number of carbonyl (C=O) groups is 1. The third kappa shape index (κ3) is 4.31. The van der Waals surface area contributed by atoms with Crippen LogP contribution in [0, 0.1) is 13.8 Å². The summed E-state index contributed by atoms with van der Waals surface area (Å²) in [6.45, 7) is 8.80. The first-order valence-corrected chi connectivity index (χ1v) is 9.35. The fourth-order valence-corrected chi connectivity index (χ4v) is 3.37. The van der Waals surface area contributed by atoms with Crippen molar-refractivity contribution in [1.82, 2.24) is 4.90 Å². The lowest BCUT2D eigenvalue weighted by Gasteiger charge is -2.37. The van der Waals surface area contributed by atoms with Gasteiger partial charge in [0.1, 0.15) is 5.75 Å². The van der Waals surface area contributed by atoms with E-state index in [0.717, 1.165) is 40.7 Å². The van der Waals surface area contributed by atoms with Crippen molar-refractivity contribution < 1.29 is 9.53 Å². The number of nitrogens with zero attached hydrogens (tertiary/aromatic N) is 2. The molecule has 5 heteroatoms. The summed E-state index contributed by atoms with van der Waals surface area (Å²) < 4.78 is 5.95. The second-order valence-electron chi connectivity index (χ2n) is 6.82. The molecule has 3 rings (SSSR count). The minimum absolute atomic E-state index is 0.0386. The topological polar surface area (TPSA) is 32.8 Å². The van der Waals surface area contributed by atoms with Crippen LogP contribution in [0.5, 0.6) is 5.75 Å². The summed E-state index contributed by atoms with van der Waals surface area (Å²) in [6, 6.07) is 13.9. The lowest BCUT2D eigenvalue weighted by Crippen LogP contribution is -2.52. The van der Waals surface area contributed by atoms with Crippen molar-refractivity contribution in [3.05, 3.63) is 58.6 Å². The van der Waals surface area contributed by atoms with Crippen LogP contribution in [0.15, 0.2) is 42.5 Å². The summed E-state index contributed by atoms with van der Waals surface area (Å²) in [6.07, 6.45) is -0.492. The highest BCUT2D eigenvalue weighted by Gasteiger charge is 2.26. The molecule has 0 bridgehead atoms. The SMILES string of the molecule is Cc1ccc(C)c(OC(C)C(=O)N2CCN(c3cccc(Cl)c3)CC2)c1. The Hall–Kier alpha value is -2.20. The smallest absolute Gasteiger partial charge is 0.263 e. The van der Waals surface area contributed by atoms with Gasteiger partial charge in [-0.2, -0.15) is 0 Å². The lowest BCUT2D eigenvalue weighted by molar-refractivity contribution is -0.138. The van der Waals surface area contributed by atoms with Crippen LogP contribution >= 0.6 is 11.6 Å². The van der Waals surface area contributed by atoms with Crippen LogP contribution in [0.2, 0.25) is 5.02 Å². The molecule has 1 aliphatic rings. The number of aryl methyl sites for hydroxylation is 2. The number of hydrogen-bond acceptors (Lipinski definition) is 3. The second-order valence-corrected chi connectivity index (χ2v) is 7.26. The minimum Gasteiger partial charge on any atom is -0.481 e. The normalized spacial score (nSPS) is 15.7. The molecule has 0 aliphatic carbocycles. The van der Waals surface area contributed by atoms with Crippen LogP contribution in [0.1, 0.15) is 18.1 Å². The molecular weight excluding hydrogens is 348 g/mol. The van der Waals surface area contributed by atoms with Gasteiger partial charge in [0.25, 0.3) is 5.91 Å². The maximum atomic E-state index is 12.8. The van der Waals surface area contributed by atoms with E-state index in [0.29, 0.717) is 13.1 Å². The standard InChI is InChI=1S/C21H25ClN2O2/c1-15-7-8-16(2)20(13-15)26-17(3)21(25)24-11-9-23(10-12-24)19-6-4-5-18(22)14-19/h4-8,13-14,17H,9-12H2,1-3H3. The average molecular weight is 373 g/mol. The molecule has 1 heterocycles. The lowest BCUT2D eigenvalue weighted by atomic mass is 10.1. The van der Waals surface area contributed by atoms with Crippen LogP contribution < -0.4 is 9.64 Å². The van der Waals surface area contributed by atoms with Gasteiger partial charge in [0.05, 0.1) is 0 Å². The van der Waals surface area contributed by atoms with Gasteiger partial charge in [0.15, 0.2) is 6.10 Å². The Bertz CT molecular complexity index is 785. The molecule has 138 valence electrons. The summed E-state index contributed by atoms with van der Waals surface area (Å²) in [4.78, 5) is 16.9. The molecule has 1 atom stereocenters. The zero-order valence-corrected chi connectivity index (χ0v) is 16.3. The number of ether oxygens (including phenoxy) is 1. The molecule has 1 unspecified atom stereocenters. The molecule has 2 aromatic carbocycles. The summed E-state index contributed by atoms with van der Waals surface area (Å²) in [5, 5.41) is 0.733. The van der Waals surface area contributed by atoms with E-state index in [9.17, 15) is 4.79 Å². The Morgan fingerprint density at radius 2 is 1.81 bits per heavy atom. The van der Waals surface area contributed by atoms with Crippen molar-refractivity contribution in [1.29, 1.82) is 0 Å². The molecule has 0 aromatic heterocycles. The first-order valence-electron chi connectivity index (χ1n) is 8.97. The summed E-state index contributed by atoms with van der Waals surface area (Å²) in [5.74, 6) is 0.820. The Balaban J connectivity index is 1.58. The highest BCUT2D eigenvalue weighted by atomic mass is 35.5. The number of benzene rings is 2. The van der Waals surface area contributed by atoms with Crippen molar-refractivity contribution in [3.8, 4) is 5.75 Å². The number of carbonyl (C=O) groups excluding carboxylic acids is 1. The van der Waals surface area contributed by atoms with E-state index in [1.165, 1.54) is 0 Å². The van der Waals surface area contributed by atoms with Gasteiger partial charge in [-0.05, 0) is 56.2 Å².